The fraction of sp³-hybridized carbons (Fsp3) is 0.300. The monoisotopic (exact) mass is 207 g/mol. The summed E-state index contributed by atoms with van der Waals surface area (Å²) in [7, 11) is 1.85. The second-order valence-corrected chi connectivity index (χ2v) is 3.06. The van der Waals surface area contributed by atoms with Gasteiger partial charge in [-0.2, -0.15) is 0 Å². The normalized spacial score (nSPS) is 10.8. The van der Waals surface area contributed by atoms with Crippen molar-refractivity contribution in [2.75, 3.05) is 13.6 Å². The molecular formula is C10H13N3O2. The number of nitrogens with one attached hydrogen (secondary N) is 1. The standard InChI is InChI=1S/C10H13N3O2/c1-8-10(13(14)15)6-5-9(12-8)4-3-7-11-2/h3-6,11H,7H2,1-2H3. The molecule has 1 N–H and O–H groups in total. The van der Waals surface area contributed by atoms with Crippen LogP contribution in [0.1, 0.15) is 11.4 Å². The molecule has 1 aromatic rings. The van der Waals surface area contributed by atoms with Gasteiger partial charge in [-0.15, -0.1) is 0 Å². The third-order valence-electron chi connectivity index (χ3n) is 1.89. The molecule has 0 saturated heterocycles. The Morgan fingerprint density at radius 3 is 2.87 bits per heavy atom. The summed E-state index contributed by atoms with van der Waals surface area (Å²) in [4.78, 5) is 14.2. The van der Waals surface area contributed by atoms with Crippen LogP contribution in [0.15, 0.2) is 18.2 Å². The van der Waals surface area contributed by atoms with Crippen molar-refractivity contribution in [3.8, 4) is 0 Å². The Balaban J connectivity index is 2.87. The third kappa shape index (κ3) is 3.14. The molecule has 1 aromatic heterocycles. The molecule has 0 aromatic carbocycles. The second-order valence-electron chi connectivity index (χ2n) is 3.06. The van der Waals surface area contributed by atoms with Crippen LogP contribution < -0.4 is 5.32 Å². The minimum atomic E-state index is -0.427. The third-order valence-corrected chi connectivity index (χ3v) is 1.89. The molecule has 0 unspecified atom stereocenters. The number of pyridine rings is 1. The number of hydrogen-bond acceptors (Lipinski definition) is 4. The van der Waals surface area contributed by atoms with E-state index >= 15 is 0 Å². The van der Waals surface area contributed by atoms with Crippen molar-refractivity contribution in [2.45, 2.75) is 6.92 Å². The quantitative estimate of drug-likeness (QED) is 0.600. The first kappa shape index (κ1) is 11.3. The summed E-state index contributed by atoms with van der Waals surface area (Å²) in [5.74, 6) is 0. The summed E-state index contributed by atoms with van der Waals surface area (Å²) in [5.41, 5.74) is 1.22. The van der Waals surface area contributed by atoms with Crippen LogP contribution in [-0.2, 0) is 0 Å². The molecule has 0 aliphatic rings. The van der Waals surface area contributed by atoms with E-state index < -0.39 is 4.92 Å². The predicted octanol–water partition coefficient (Wildman–Crippen LogP) is 1.53. The highest BCUT2D eigenvalue weighted by atomic mass is 16.6. The molecule has 5 nitrogen and oxygen atoms in total. The molecule has 1 rings (SSSR count). The zero-order valence-electron chi connectivity index (χ0n) is 8.73. The molecule has 5 heteroatoms. The van der Waals surface area contributed by atoms with Gasteiger partial charge in [-0.3, -0.25) is 10.1 Å². The Kier molecular flexibility index (Phi) is 3.93. The van der Waals surface area contributed by atoms with E-state index in [1.54, 1.807) is 13.0 Å². The molecule has 0 saturated carbocycles. The van der Waals surface area contributed by atoms with E-state index in [1.165, 1.54) is 6.07 Å². The molecule has 0 bridgehead atoms. The van der Waals surface area contributed by atoms with E-state index in [-0.39, 0.29) is 5.69 Å². The SMILES string of the molecule is CNCC=Cc1ccc([N+](=O)[O-])c(C)n1. The van der Waals surface area contributed by atoms with Crippen molar-refractivity contribution in [3.63, 3.8) is 0 Å². The summed E-state index contributed by atoms with van der Waals surface area (Å²) in [6.45, 7) is 2.38. The average Bonchev–Trinajstić information content (AvgIpc) is 2.17. The molecule has 0 fully saturated rings. The Hall–Kier alpha value is -1.75. The highest BCUT2D eigenvalue weighted by Gasteiger charge is 2.10. The van der Waals surface area contributed by atoms with Gasteiger partial charge in [0.15, 0.2) is 0 Å². The highest BCUT2D eigenvalue weighted by Crippen LogP contribution is 2.15. The average molecular weight is 207 g/mol. The van der Waals surface area contributed by atoms with Gasteiger partial charge in [0.25, 0.3) is 5.69 Å². The Labute approximate surface area is 88.0 Å². The Morgan fingerprint density at radius 2 is 2.33 bits per heavy atom. The zero-order chi connectivity index (χ0) is 11.3. The molecule has 0 radical (unpaired) electrons. The van der Waals surface area contributed by atoms with Crippen LogP contribution in [0.4, 0.5) is 5.69 Å². The minimum Gasteiger partial charge on any atom is -0.316 e. The molecule has 80 valence electrons. The summed E-state index contributed by atoms with van der Waals surface area (Å²) in [6, 6.07) is 3.11. The molecule has 0 spiro atoms. The number of rotatable bonds is 4. The predicted molar refractivity (Wildman–Crippen MR) is 58.6 cm³/mol. The first-order chi connectivity index (χ1) is 7.15. The van der Waals surface area contributed by atoms with Crippen LogP contribution in [0.25, 0.3) is 6.08 Å². The Morgan fingerprint density at radius 1 is 1.60 bits per heavy atom. The lowest BCUT2D eigenvalue weighted by molar-refractivity contribution is -0.385. The lowest BCUT2D eigenvalue weighted by atomic mass is 10.2. The molecule has 0 atom stereocenters. The van der Waals surface area contributed by atoms with Gasteiger partial charge in [0, 0.05) is 12.6 Å². The van der Waals surface area contributed by atoms with Crippen molar-refractivity contribution in [3.05, 3.63) is 39.7 Å². The Bertz CT molecular complexity index is 388. The molecule has 0 aliphatic carbocycles. The van der Waals surface area contributed by atoms with Crippen molar-refractivity contribution in [1.82, 2.24) is 10.3 Å². The summed E-state index contributed by atoms with van der Waals surface area (Å²) < 4.78 is 0. The van der Waals surface area contributed by atoms with Crippen LogP contribution in [0.3, 0.4) is 0 Å². The van der Waals surface area contributed by atoms with E-state index in [9.17, 15) is 10.1 Å². The van der Waals surface area contributed by atoms with Crippen LogP contribution >= 0.6 is 0 Å². The van der Waals surface area contributed by atoms with Crippen molar-refractivity contribution in [1.29, 1.82) is 0 Å². The fourth-order valence-corrected chi connectivity index (χ4v) is 1.16. The van der Waals surface area contributed by atoms with E-state index in [2.05, 4.69) is 10.3 Å². The number of aromatic nitrogens is 1. The molecule has 15 heavy (non-hydrogen) atoms. The molecule has 0 amide bonds. The van der Waals surface area contributed by atoms with E-state index in [1.807, 2.05) is 19.2 Å². The first-order valence-electron chi connectivity index (χ1n) is 4.58. The van der Waals surface area contributed by atoms with Gasteiger partial charge in [0.05, 0.1) is 10.6 Å². The van der Waals surface area contributed by atoms with Crippen LogP contribution in [0.5, 0.6) is 0 Å². The van der Waals surface area contributed by atoms with Crippen LogP contribution in [0.2, 0.25) is 0 Å². The molecule has 1 heterocycles. The van der Waals surface area contributed by atoms with Gasteiger partial charge >= 0.3 is 0 Å². The van der Waals surface area contributed by atoms with Gasteiger partial charge in [-0.25, -0.2) is 4.98 Å². The number of likely N-dealkylation sites (N-methyl/N-ethyl adjacent to an activating group) is 1. The number of nitro groups is 1. The maximum atomic E-state index is 10.5. The minimum absolute atomic E-state index is 0.0563. The zero-order valence-corrected chi connectivity index (χ0v) is 8.73. The topological polar surface area (TPSA) is 68.1 Å². The van der Waals surface area contributed by atoms with E-state index in [0.717, 1.165) is 12.2 Å². The van der Waals surface area contributed by atoms with Crippen molar-refractivity contribution >= 4 is 11.8 Å². The van der Waals surface area contributed by atoms with Gasteiger partial charge in [0.1, 0.15) is 5.69 Å². The number of aryl methyl sites for hydroxylation is 1. The highest BCUT2D eigenvalue weighted by molar-refractivity contribution is 5.48. The van der Waals surface area contributed by atoms with Gasteiger partial charge in [-0.1, -0.05) is 6.08 Å². The summed E-state index contributed by atoms with van der Waals surface area (Å²) >= 11 is 0. The lowest BCUT2D eigenvalue weighted by Gasteiger charge is -1.97. The maximum absolute atomic E-state index is 10.5. The van der Waals surface area contributed by atoms with Crippen molar-refractivity contribution in [2.24, 2.45) is 0 Å². The summed E-state index contributed by atoms with van der Waals surface area (Å²) in [6.07, 6.45) is 3.74. The summed E-state index contributed by atoms with van der Waals surface area (Å²) in [5, 5.41) is 13.5. The van der Waals surface area contributed by atoms with E-state index in [4.69, 9.17) is 0 Å². The largest absolute Gasteiger partial charge is 0.316 e. The van der Waals surface area contributed by atoms with Gasteiger partial charge < -0.3 is 5.32 Å². The number of nitrogens with zero attached hydrogens (tertiary/aromatic N) is 2. The smallest absolute Gasteiger partial charge is 0.290 e. The molecule has 0 aliphatic heterocycles. The first-order valence-corrected chi connectivity index (χ1v) is 4.58. The lowest BCUT2D eigenvalue weighted by Crippen LogP contribution is -2.03. The number of hydrogen-bond donors (Lipinski definition) is 1. The molecular weight excluding hydrogens is 194 g/mol. The fourth-order valence-electron chi connectivity index (χ4n) is 1.16. The van der Waals surface area contributed by atoms with Crippen LogP contribution in [-0.4, -0.2) is 23.5 Å². The maximum Gasteiger partial charge on any atom is 0.290 e. The van der Waals surface area contributed by atoms with Crippen LogP contribution in [0, 0.1) is 17.0 Å². The van der Waals surface area contributed by atoms with Crippen molar-refractivity contribution < 1.29 is 4.92 Å². The van der Waals surface area contributed by atoms with Gasteiger partial charge in [0.2, 0.25) is 0 Å². The van der Waals surface area contributed by atoms with E-state index in [0.29, 0.717) is 5.69 Å². The second kappa shape index (κ2) is 5.21. The van der Waals surface area contributed by atoms with Gasteiger partial charge in [-0.05, 0) is 26.1 Å².